The minimum Gasteiger partial charge on any atom is -0.451 e. The monoisotopic (exact) mass is 364 g/mol. The molecule has 1 aliphatic heterocycles. The standard InChI is InChI=1S/C24H28O3/c1-3-13-10-14-11-15(25)4-5-16(14)17-6-8-23(2)22(21(13)17)18-12-19(18)24(23)9-7-20(26)27-24/h3,7,9,11,13,16-19,21-22H,1,4-6,8,10,12H2,2H3/t13?,16-,17?,18?,19?,21?,22?,23-,24-/m0/s1. The molecule has 0 bridgehead atoms. The molecule has 0 saturated heterocycles. The molecule has 1 heterocycles. The van der Waals surface area contributed by atoms with Gasteiger partial charge in [-0.15, -0.1) is 6.58 Å². The van der Waals surface area contributed by atoms with Gasteiger partial charge in [0.15, 0.2) is 5.78 Å². The largest absolute Gasteiger partial charge is 0.451 e. The molecule has 9 atom stereocenters. The van der Waals surface area contributed by atoms with Crippen molar-refractivity contribution >= 4 is 11.8 Å². The molecule has 4 saturated carbocycles. The van der Waals surface area contributed by atoms with E-state index in [-0.39, 0.29) is 17.0 Å². The number of carbonyl (C=O) groups excluding carboxylic acids is 2. The van der Waals surface area contributed by atoms with Crippen molar-refractivity contribution in [1.82, 2.24) is 0 Å². The number of esters is 1. The summed E-state index contributed by atoms with van der Waals surface area (Å²) in [4.78, 5) is 24.0. The highest BCUT2D eigenvalue weighted by Crippen LogP contribution is 2.78. The smallest absolute Gasteiger partial charge is 0.331 e. The van der Waals surface area contributed by atoms with Crippen molar-refractivity contribution < 1.29 is 14.3 Å². The van der Waals surface area contributed by atoms with E-state index in [0.717, 1.165) is 19.3 Å². The highest BCUT2D eigenvalue weighted by molar-refractivity contribution is 5.91. The zero-order valence-corrected chi connectivity index (χ0v) is 16.0. The third kappa shape index (κ3) is 1.84. The Kier molecular flexibility index (Phi) is 3.05. The molecule has 1 spiro atoms. The van der Waals surface area contributed by atoms with Crippen LogP contribution in [0.1, 0.15) is 45.4 Å². The van der Waals surface area contributed by atoms with Crippen LogP contribution < -0.4 is 0 Å². The molecule has 5 aliphatic carbocycles. The van der Waals surface area contributed by atoms with Gasteiger partial charge in [0.2, 0.25) is 0 Å². The molecule has 0 N–H and O–H groups in total. The lowest BCUT2D eigenvalue weighted by atomic mass is 9.47. The van der Waals surface area contributed by atoms with E-state index in [1.165, 1.54) is 18.4 Å². The number of hydrogen-bond donors (Lipinski definition) is 0. The van der Waals surface area contributed by atoms with E-state index in [2.05, 4.69) is 25.7 Å². The first kappa shape index (κ1) is 16.3. The summed E-state index contributed by atoms with van der Waals surface area (Å²) in [6.07, 6.45) is 14.2. The van der Waals surface area contributed by atoms with Crippen LogP contribution in [-0.4, -0.2) is 17.4 Å². The number of fused-ring (bicyclic) bond motifs is 9. The lowest BCUT2D eigenvalue weighted by Crippen LogP contribution is -2.56. The molecule has 4 fully saturated rings. The minimum atomic E-state index is -0.352. The third-order valence-electron chi connectivity index (χ3n) is 9.43. The molecule has 0 radical (unpaired) electrons. The number of carbonyl (C=O) groups is 2. The lowest BCUT2D eigenvalue weighted by molar-refractivity contribution is -0.169. The van der Waals surface area contributed by atoms with E-state index in [4.69, 9.17) is 4.74 Å². The van der Waals surface area contributed by atoms with Gasteiger partial charge in [-0.2, -0.15) is 0 Å². The van der Waals surface area contributed by atoms with Crippen molar-refractivity contribution in [3.63, 3.8) is 0 Å². The van der Waals surface area contributed by atoms with Crippen molar-refractivity contribution in [3.8, 4) is 0 Å². The number of rotatable bonds is 1. The average Bonchev–Trinajstić information content (AvgIpc) is 3.29. The van der Waals surface area contributed by atoms with Crippen molar-refractivity contribution in [1.29, 1.82) is 0 Å². The molecule has 6 aliphatic rings. The van der Waals surface area contributed by atoms with Gasteiger partial charge in [0.05, 0.1) is 0 Å². The van der Waals surface area contributed by atoms with Crippen LogP contribution in [0.5, 0.6) is 0 Å². The van der Waals surface area contributed by atoms with E-state index in [1.807, 2.05) is 6.08 Å². The van der Waals surface area contributed by atoms with Crippen LogP contribution in [0.2, 0.25) is 0 Å². The molecule has 142 valence electrons. The van der Waals surface area contributed by atoms with Gasteiger partial charge in [-0.1, -0.05) is 18.6 Å². The van der Waals surface area contributed by atoms with E-state index < -0.39 is 0 Å². The summed E-state index contributed by atoms with van der Waals surface area (Å²) in [6, 6.07) is 0. The summed E-state index contributed by atoms with van der Waals surface area (Å²) in [5, 5.41) is 0. The van der Waals surface area contributed by atoms with Crippen molar-refractivity contribution in [3.05, 3.63) is 36.5 Å². The summed E-state index contributed by atoms with van der Waals surface area (Å²) >= 11 is 0. The predicted molar refractivity (Wildman–Crippen MR) is 101 cm³/mol. The second-order valence-electron chi connectivity index (χ2n) is 10.2. The Morgan fingerprint density at radius 1 is 1.26 bits per heavy atom. The third-order valence-corrected chi connectivity index (χ3v) is 9.43. The Morgan fingerprint density at radius 3 is 2.85 bits per heavy atom. The number of allylic oxidation sites excluding steroid dienone is 2. The van der Waals surface area contributed by atoms with Crippen LogP contribution in [0, 0.1) is 46.8 Å². The first-order chi connectivity index (χ1) is 13.0. The molecule has 6 rings (SSSR count). The number of ether oxygens (including phenoxy) is 1. The van der Waals surface area contributed by atoms with Gasteiger partial charge < -0.3 is 4.74 Å². The number of ketones is 1. The van der Waals surface area contributed by atoms with Gasteiger partial charge >= 0.3 is 5.97 Å². The van der Waals surface area contributed by atoms with Crippen LogP contribution in [0.3, 0.4) is 0 Å². The van der Waals surface area contributed by atoms with E-state index >= 15 is 0 Å². The molecular formula is C24H28O3. The van der Waals surface area contributed by atoms with Crippen LogP contribution in [0.15, 0.2) is 36.5 Å². The van der Waals surface area contributed by atoms with Crippen LogP contribution in [0.4, 0.5) is 0 Å². The van der Waals surface area contributed by atoms with Crippen molar-refractivity contribution in [2.24, 2.45) is 46.8 Å². The van der Waals surface area contributed by atoms with E-state index in [1.54, 1.807) is 6.08 Å². The maximum Gasteiger partial charge on any atom is 0.331 e. The normalized spacial score (nSPS) is 54.6. The molecule has 0 amide bonds. The van der Waals surface area contributed by atoms with Gasteiger partial charge in [0.25, 0.3) is 0 Å². The van der Waals surface area contributed by atoms with Gasteiger partial charge in [-0.25, -0.2) is 4.79 Å². The Hall–Kier alpha value is -1.64. The Morgan fingerprint density at radius 2 is 2.11 bits per heavy atom. The summed E-state index contributed by atoms with van der Waals surface area (Å²) in [5.74, 6) is 4.31. The maximum atomic E-state index is 12.0. The molecule has 6 unspecified atom stereocenters. The van der Waals surface area contributed by atoms with Gasteiger partial charge in [-0.3, -0.25) is 4.79 Å². The second kappa shape index (κ2) is 5.04. The fraction of sp³-hybridized carbons (Fsp3) is 0.667. The van der Waals surface area contributed by atoms with Crippen molar-refractivity contribution in [2.45, 2.75) is 51.0 Å². The number of hydrogen-bond acceptors (Lipinski definition) is 3. The van der Waals surface area contributed by atoms with E-state index in [9.17, 15) is 9.59 Å². The zero-order valence-electron chi connectivity index (χ0n) is 16.0. The van der Waals surface area contributed by atoms with Gasteiger partial charge in [-0.05, 0) is 79.8 Å². The second-order valence-corrected chi connectivity index (χ2v) is 10.2. The Labute approximate surface area is 160 Å². The molecule has 0 aromatic rings. The average molecular weight is 364 g/mol. The first-order valence-electron chi connectivity index (χ1n) is 10.8. The fourth-order valence-corrected chi connectivity index (χ4v) is 8.46. The quantitative estimate of drug-likeness (QED) is 0.516. The molecule has 0 aromatic heterocycles. The molecule has 3 heteroatoms. The highest BCUT2D eigenvalue weighted by Gasteiger charge is 2.78. The summed E-state index contributed by atoms with van der Waals surface area (Å²) in [7, 11) is 0. The maximum absolute atomic E-state index is 12.0. The van der Waals surface area contributed by atoms with Gasteiger partial charge in [0.1, 0.15) is 5.60 Å². The molecule has 3 nitrogen and oxygen atoms in total. The molecule has 0 aromatic carbocycles. The summed E-state index contributed by atoms with van der Waals surface area (Å²) in [6.45, 7) is 6.60. The topological polar surface area (TPSA) is 43.4 Å². The Bertz CT molecular complexity index is 821. The van der Waals surface area contributed by atoms with Crippen LogP contribution in [-0.2, 0) is 14.3 Å². The minimum absolute atomic E-state index is 0.0530. The van der Waals surface area contributed by atoms with Crippen LogP contribution in [0.25, 0.3) is 0 Å². The summed E-state index contributed by atoms with van der Waals surface area (Å²) < 4.78 is 6.07. The fourth-order valence-electron chi connectivity index (χ4n) is 8.46. The first-order valence-corrected chi connectivity index (χ1v) is 10.8. The zero-order chi connectivity index (χ0) is 18.6. The molecular weight excluding hydrogens is 336 g/mol. The predicted octanol–water partition coefficient (Wildman–Crippen LogP) is 4.25. The lowest BCUT2D eigenvalue weighted by Gasteiger charge is -2.58. The van der Waals surface area contributed by atoms with Gasteiger partial charge in [0, 0.05) is 23.8 Å². The highest BCUT2D eigenvalue weighted by atomic mass is 16.6. The summed E-state index contributed by atoms with van der Waals surface area (Å²) in [5.41, 5.74) is 1.10. The molecule has 27 heavy (non-hydrogen) atoms. The van der Waals surface area contributed by atoms with Crippen molar-refractivity contribution in [2.75, 3.05) is 0 Å². The SMILES string of the molecule is C=CC1CC2=CC(=O)CC[C@@H]2C2CC[C@@]3(C)C(C4CC4[C@@]34C=CC(=O)O4)C12. The Balaban J connectivity index is 1.43. The van der Waals surface area contributed by atoms with E-state index in [0.29, 0.717) is 53.6 Å². The van der Waals surface area contributed by atoms with Crippen LogP contribution >= 0.6 is 0 Å².